The number of nitrogens with zero attached hydrogens (tertiary/aromatic N) is 4. The predicted octanol–water partition coefficient (Wildman–Crippen LogP) is 2.46. The summed E-state index contributed by atoms with van der Waals surface area (Å²) >= 11 is 0. The molecular weight excluding hydrogens is 360 g/mol. The Balaban J connectivity index is 1.20. The van der Waals surface area contributed by atoms with Crippen LogP contribution in [-0.4, -0.2) is 79.5 Å². The largest absolute Gasteiger partial charge is 0.368 e. The van der Waals surface area contributed by atoms with Crippen LogP contribution in [0.2, 0.25) is 0 Å². The fourth-order valence-electron chi connectivity index (χ4n) is 4.28. The number of amides is 1. The summed E-state index contributed by atoms with van der Waals surface area (Å²) in [4.78, 5) is 22.0. The fourth-order valence-corrected chi connectivity index (χ4v) is 4.28. The lowest BCUT2D eigenvalue weighted by Crippen LogP contribution is -2.53. The molecule has 4 rings (SSSR count). The van der Waals surface area contributed by atoms with Crippen LogP contribution in [0, 0.1) is 6.92 Å². The molecule has 0 N–H and O–H groups in total. The third-order valence-electron chi connectivity index (χ3n) is 6.23. The SMILES string of the molecule is Cc1ccccc1CN1CCN(CC(=O)N2CCN(c3ccccc3)CC2)CC1. The lowest BCUT2D eigenvalue weighted by molar-refractivity contribution is -0.133. The van der Waals surface area contributed by atoms with Gasteiger partial charge in [-0.1, -0.05) is 42.5 Å². The van der Waals surface area contributed by atoms with Gasteiger partial charge in [0.05, 0.1) is 6.54 Å². The smallest absolute Gasteiger partial charge is 0.236 e. The molecule has 2 fully saturated rings. The highest BCUT2D eigenvalue weighted by atomic mass is 16.2. The number of carbonyl (C=O) groups excluding carboxylic acids is 1. The van der Waals surface area contributed by atoms with Crippen LogP contribution in [0.1, 0.15) is 11.1 Å². The Kier molecular flexibility index (Phi) is 6.47. The molecule has 2 saturated heterocycles. The molecule has 0 radical (unpaired) electrons. The molecule has 2 aromatic rings. The van der Waals surface area contributed by atoms with Crippen molar-refractivity contribution in [2.75, 3.05) is 63.8 Å². The van der Waals surface area contributed by atoms with E-state index in [0.29, 0.717) is 6.54 Å². The number of rotatable bonds is 5. The fraction of sp³-hybridized carbons (Fsp3) is 0.458. The van der Waals surface area contributed by atoms with Crippen molar-refractivity contribution in [2.24, 2.45) is 0 Å². The van der Waals surface area contributed by atoms with Crippen molar-refractivity contribution < 1.29 is 4.79 Å². The molecule has 2 heterocycles. The normalized spacial score (nSPS) is 18.8. The van der Waals surface area contributed by atoms with Gasteiger partial charge in [0.15, 0.2) is 0 Å². The number of anilines is 1. The van der Waals surface area contributed by atoms with Crippen LogP contribution in [0.4, 0.5) is 5.69 Å². The molecule has 2 aromatic carbocycles. The second-order valence-corrected chi connectivity index (χ2v) is 8.18. The number of carbonyl (C=O) groups is 1. The minimum Gasteiger partial charge on any atom is -0.368 e. The van der Waals surface area contributed by atoms with Crippen molar-refractivity contribution in [3.05, 3.63) is 65.7 Å². The molecule has 0 bridgehead atoms. The molecule has 0 saturated carbocycles. The van der Waals surface area contributed by atoms with Gasteiger partial charge in [-0.3, -0.25) is 14.6 Å². The first kappa shape index (κ1) is 19.9. The van der Waals surface area contributed by atoms with Gasteiger partial charge in [-0.15, -0.1) is 0 Å². The first-order valence-electron chi connectivity index (χ1n) is 10.8. The molecule has 5 heteroatoms. The molecule has 0 unspecified atom stereocenters. The van der Waals surface area contributed by atoms with Crippen LogP contribution in [0.3, 0.4) is 0 Å². The molecule has 154 valence electrons. The van der Waals surface area contributed by atoms with E-state index in [1.54, 1.807) is 0 Å². The maximum absolute atomic E-state index is 12.8. The van der Waals surface area contributed by atoms with E-state index in [-0.39, 0.29) is 5.91 Å². The molecule has 1 amide bonds. The Morgan fingerprint density at radius 3 is 2.07 bits per heavy atom. The number of hydrogen-bond donors (Lipinski definition) is 0. The molecule has 0 aromatic heterocycles. The van der Waals surface area contributed by atoms with Gasteiger partial charge in [-0.2, -0.15) is 0 Å². The van der Waals surface area contributed by atoms with Crippen LogP contribution in [0.25, 0.3) is 0 Å². The van der Waals surface area contributed by atoms with Gasteiger partial charge in [0.1, 0.15) is 0 Å². The minimum atomic E-state index is 0.282. The lowest BCUT2D eigenvalue weighted by atomic mass is 10.1. The number of hydrogen-bond acceptors (Lipinski definition) is 4. The highest BCUT2D eigenvalue weighted by molar-refractivity contribution is 5.78. The second-order valence-electron chi connectivity index (χ2n) is 8.18. The summed E-state index contributed by atoms with van der Waals surface area (Å²) in [5.74, 6) is 0.282. The van der Waals surface area contributed by atoms with Crippen LogP contribution in [-0.2, 0) is 11.3 Å². The monoisotopic (exact) mass is 392 g/mol. The van der Waals surface area contributed by atoms with E-state index in [0.717, 1.165) is 58.9 Å². The van der Waals surface area contributed by atoms with Crippen molar-refractivity contribution in [2.45, 2.75) is 13.5 Å². The number of piperazine rings is 2. The van der Waals surface area contributed by atoms with E-state index in [9.17, 15) is 4.79 Å². The highest BCUT2D eigenvalue weighted by Gasteiger charge is 2.25. The molecule has 2 aliphatic heterocycles. The Bertz CT molecular complexity index is 794. The van der Waals surface area contributed by atoms with Crippen molar-refractivity contribution in [1.29, 1.82) is 0 Å². The van der Waals surface area contributed by atoms with E-state index in [2.05, 4.69) is 70.2 Å². The van der Waals surface area contributed by atoms with Crippen LogP contribution in [0.15, 0.2) is 54.6 Å². The molecule has 5 nitrogen and oxygen atoms in total. The quantitative estimate of drug-likeness (QED) is 0.782. The van der Waals surface area contributed by atoms with Gasteiger partial charge in [0.2, 0.25) is 5.91 Å². The van der Waals surface area contributed by atoms with Crippen LogP contribution in [0.5, 0.6) is 0 Å². The van der Waals surface area contributed by atoms with E-state index in [1.165, 1.54) is 16.8 Å². The zero-order chi connectivity index (χ0) is 20.1. The predicted molar refractivity (Wildman–Crippen MR) is 118 cm³/mol. The van der Waals surface area contributed by atoms with Gasteiger partial charge in [-0.05, 0) is 30.2 Å². The number of benzene rings is 2. The van der Waals surface area contributed by atoms with Crippen molar-refractivity contribution in [1.82, 2.24) is 14.7 Å². The summed E-state index contributed by atoms with van der Waals surface area (Å²) in [7, 11) is 0. The number of aryl methyl sites for hydroxylation is 1. The van der Waals surface area contributed by atoms with Crippen LogP contribution >= 0.6 is 0 Å². The zero-order valence-electron chi connectivity index (χ0n) is 17.5. The van der Waals surface area contributed by atoms with Crippen LogP contribution < -0.4 is 4.90 Å². The van der Waals surface area contributed by atoms with E-state index >= 15 is 0 Å². The maximum Gasteiger partial charge on any atom is 0.236 e. The Morgan fingerprint density at radius 1 is 0.759 bits per heavy atom. The first-order chi connectivity index (χ1) is 14.2. The zero-order valence-corrected chi connectivity index (χ0v) is 17.5. The van der Waals surface area contributed by atoms with Gasteiger partial charge >= 0.3 is 0 Å². The summed E-state index contributed by atoms with van der Waals surface area (Å²) in [6.45, 7) is 11.2. The van der Waals surface area contributed by atoms with Crippen molar-refractivity contribution in [3.8, 4) is 0 Å². The third-order valence-corrected chi connectivity index (χ3v) is 6.23. The van der Waals surface area contributed by atoms with Gasteiger partial charge in [-0.25, -0.2) is 0 Å². The van der Waals surface area contributed by atoms with E-state index in [1.807, 2.05) is 11.0 Å². The molecule has 29 heavy (non-hydrogen) atoms. The standard InChI is InChI=1S/C24H32N4O/c1-21-7-5-6-8-22(21)19-25-11-13-26(14-12-25)20-24(29)28-17-15-27(16-18-28)23-9-3-2-4-10-23/h2-10H,11-20H2,1H3. The van der Waals surface area contributed by atoms with Gasteiger partial charge < -0.3 is 9.80 Å². The summed E-state index contributed by atoms with van der Waals surface area (Å²) in [5, 5.41) is 0. The van der Waals surface area contributed by atoms with Crippen molar-refractivity contribution in [3.63, 3.8) is 0 Å². The third kappa shape index (κ3) is 5.17. The Morgan fingerprint density at radius 2 is 1.38 bits per heavy atom. The Hall–Kier alpha value is -2.37. The average molecular weight is 393 g/mol. The second kappa shape index (κ2) is 9.42. The first-order valence-corrected chi connectivity index (χ1v) is 10.8. The highest BCUT2D eigenvalue weighted by Crippen LogP contribution is 2.16. The molecule has 0 atom stereocenters. The maximum atomic E-state index is 12.8. The molecule has 0 spiro atoms. The summed E-state index contributed by atoms with van der Waals surface area (Å²) in [6.07, 6.45) is 0. The molecule has 2 aliphatic rings. The van der Waals surface area contributed by atoms with Gasteiger partial charge in [0, 0.05) is 64.6 Å². The topological polar surface area (TPSA) is 30.0 Å². The van der Waals surface area contributed by atoms with Gasteiger partial charge in [0.25, 0.3) is 0 Å². The summed E-state index contributed by atoms with van der Waals surface area (Å²) in [5.41, 5.74) is 4.03. The Labute approximate surface area is 174 Å². The summed E-state index contributed by atoms with van der Waals surface area (Å²) in [6, 6.07) is 19.1. The number of para-hydroxylation sites is 1. The lowest BCUT2D eigenvalue weighted by Gasteiger charge is -2.38. The summed E-state index contributed by atoms with van der Waals surface area (Å²) < 4.78 is 0. The van der Waals surface area contributed by atoms with E-state index < -0.39 is 0 Å². The minimum absolute atomic E-state index is 0.282. The molecule has 0 aliphatic carbocycles. The van der Waals surface area contributed by atoms with Crippen molar-refractivity contribution >= 4 is 11.6 Å². The average Bonchev–Trinajstić information content (AvgIpc) is 2.77. The molecular formula is C24H32N4O. The van der Waals surface area contributed by atoms with E-state index in [4.69, 9.17) is 0 Å².